The first kappa shape index (κ1) is 12.6. The van der Waals surface area contributed by atoms with E-state index in [-0.39, 0.29) is 0 Å². The molecule has 0 saturated carbocycles. The standard InChI is InChI=1S/C14H22N2O/c1-12(13-6-4-3-5-7-13)15-10-14-11-16(2)8-9-17-14/h3-7,12,14-15H,8-11H2,1-2H3. The van der Waals surface area contributed by atoms with E-state index in [1.54, 1.807) is 0 Å². The second-order valence-electron chi connectivity index (χ2n) is 4.80. The smallest absolute Gasteiger partial charge is 0.0826 e. The van der Waals surface area contributed by atoms with Gasteiger partial charge in [-0.3, -0.25) is 0 Å². The first-order valence-corrected chi connectivity index (χ1v) is 6.34. The molecule has 1 fully saturated rings. The molecule has 3 nitrogen and oxygen atoms in total. The summed E-state index contributed by atoms with van der Waals surface area (Å²) in [5.74, 6) is 0. The van der Waals surface area contributed by atoms with Gasteiger partial charge in [0.05, 0.1) is 12.7 Å². The molecule has 0 spiro atoms. The van der Waals surface area contributed by atoms with Crippen molar-refractivity contribution in [2.75, 3.05) is 33.3 Å². The van der Waals surface area contributed by atoms with Crippen LogP contribution < -0.4 is 5.32 Å². The van der Waals surface area contributed by atoms with E-state index in [2.05, 4.69) is 54.5 Å². The van der Waals surface area contributed by atoms with Gasteiger partial charge in [0.2, 0.25) is 0 Å². The Bertz CT molecular complexity index is 328. The van der Waals surface area contributed by atoms with Gasteiger partial charge in [0, 0.05) is 25.7 Å². The minimum Gasteiger partial charge on any atom is -0.374 e. The largest absolute Gasteiger partial charge is 0.374 e. The maximum Gasteiger partial charge on any atom is 0.0826 e. The predicted octanol–water partition coefficient (Wildman–Crippen LogP) is 1.67. The molecule has 0 radical (unpaired) electrons. The summed E-state index contributed by atoms with van der Waals surface area (Å²) >= 11 is 0. The molecule has 1 aromatic rings. The lowest BCUT2D eigenvalue weighted by molar-refractivity contribution is -0.0190. The van der Waals surface area contributed by atoms with Crippen LogP contribution in [0.5, 0.6) is 0 Å². The van der Waals surface area contributed by atoms with E-state index in [0.29, 0.717) is 12.1 Å². The number of morpholine rings is 1. The van der Waals surface area contributed by atoms with Gasteiger partial charge >= 0.3 is 0 Å². The van der Waals surface area contributed by atoms with Gasteiger partial charge in [-0.15, -0.1) is 0 Å². The van der Waals surface area contributed by atoms with Crippen LogP contribution in [-0.4, -0.2) is 44.3 Å². The Morgan fingerprint density at radius 1 is 1.41 bits per heavy atom. The molecule has 2 rings (SSSR count). The van der Waals surface area contributed by atoms with Crippen molar-refractivity contribution in [3.05, 3.63) is 35.9 Å². The number of hydrogen-bond donors (Lipinski definition) is 1. The van der Waals surface area contributed by atoms with Gasteiger partial charge in [-0.2, -0.15) is 0 Å². The molecule has 3 heteroatoms. The average Bonchev–Trinajstić information content (AvgIpc) is 2.37. The van der Waals surface area contributed by atoms with Crippen molar-refractivity contribution in [3.8, 4) is 0 Å². The molecule has 2 unspecified atom stereocenters. The maximum atomic E-state index is 5.73. The van der Waals surface area contributed by atoms with Gasteiger partial charge in [-0.05, 0) is 19.5 Å². The molecule has 0 aliphatic carbocycles. The summed E-state index contributed by atoms with van der Waals surface area (Å²) in [7, 11) is 2.15. The minimum atomic E-state index is 0.319. The highest BCUT2D eigenvalue weighted by Gasteiger charge is 2.18. The molecule has 17 heavy (non-hydrogen) atoms. The number of benzene rings is 1. The zero-order valence-corrected chi connectivity index (χ0v) is 10.7. The van der Waals surface area contributed by atoms with Crippen LogP contribution in [0.4, 0.5) is 0 Å². The SMILES string of the molecule is CC(NCC1CN(C)CCO1)c1ccccc1. The summed E-state index contributed by atoms with van der Waals surface area (Å²) in [6.07, 6.45) is 0.319. The van der Waals surface area contributed by atoms with Crippen molar-refractivity contribution < 1.29 is 4.74 Å². The van der Waals surface area contributed by atoms with Crippen LogP contribution in [-0.2, 0) is 4.74 Å². The summed E-state index contributed by atoms with van der Waals surface area (Å²) in [5.41, 5.74) is 1.33. The minimum absolute atomic E-state index is 0.319. The molecule has 0 amide bonds. The Kier molecular flexibility index (Phi) is 4.54. The Balaban J connectivity index is 1.78. The lowest BCUT2D eigenvalue weighted by Gasteiger charge is -2.31. The maximum absolute atomic E-state index is 5.73. The van der Waals surface area contributed by atoms with Crippen LogP contribution in [0.2, 0.25) is 0 Å². The second kappa shape index (κ2) is 6.15. The van der Waals surface area contributed by atoms with E-state index >= 15 is 0 Å². The Morgan fingerprint density at radius 2 is 2.18 bits per heavy atom. The molecule has 1 saturated heterocycles. The number of ether oxygens (including phenoxy) is 1. The van der Waals surface area contributed by atoms with Crippen LogP contribution in [0.25, 0.3) is 0 Å². The number of nitrogens with zero attached hydrogens (tertiary/aromatic N) is 1. The van der Waals surface area contributed by atoms with E-state index < -0.39 is 0 Å². The quantitative estimate of drug-likeness (QED) is 0.857. The van der Waals surface area contributed by atoms with Crippen molar-refractivity contribution in [1.29, 1.82) is 0 Å². The van der Waals surface area contributed by atoms with E-state index in [1.807, 2.05) is 0 Å². The third-order valence-corrected chi connectivity index (χ3v) is 3.29. The molecule has 1 aromatic carbocycles. The summed E-state index contributed by atoms with van der Waals surface area (Å²) in [4.78, 5) is 2.32. The average molecular weight is 234 g/mol. The predicted molar refractivity (Wildman–Crippen MR) is 70.1 cm³/mol. The van der Waals surface area contributed by atoms with E-state index in [0.717, 1.165) is 26.2 Å². The first-order chi connectivity index (χ1) is 8.25. The van der Waals surface area contributed by atoms with Crippen molar-refractivity contribution in [2.24, 2.45) is 0 Å². The zero-order chi connectivity index (χ0) is 12.1. The third-order valence-electron chi connectivity index (χ3n) is 3.29. The summed E-state index contributed by atoms with van der Waals surface area (Å²) in [5, 5.41) is 3.54. The van der Waals surface area contributed by atoms with Gasteiger partial charge in [-0.1, -0.05) is 30.3 Å². The van der Waals surface area contributed by atoms with E-state index in [4.69, 9.17) is 4.74 Å². The highest BCUT2D eigenvalue weighted by atomic mass is 16.5. The summed E-state index contributed by atoms with van der Waals surface area (Å²) in [6, 6.07) is 10.9. The fourth-order valence-corrected chi connectivity index (χ4v) is 2.16. The molecular weight excluding hydrogens is 212 g/mol. The Hall–Kier alpha value is -0.900. The molecule has 2 atom stereocenters. The Morgan fingerprint density at radius 3 is 2.88 bits per heavy atom. The van der Waals surface area contributed by atoms with Crippen LogP contribution in [0.1, 0.15) is 18.5 Å². The van der Waals surface area contributed by atoms with Crippen molar-refractivity contribution in [2.45, 2.75) is 19.1 Å². The van der Waals surface area contributed by atoms with Gasteiger partial charge in [0.25, 0.3) is 0 Å². The van der Waals surface area contributed by atoms with Crippen LogP contribution in [0.15, 0.2) is 30.3 Å². The van der Waals surface area contributed by atoms with Crippen LogP contribution >= 0.6 is 0 Å². The normalized spacial score (nSPS) is 23.5. The fraction of sp³-hybridized carbons (Fsp3) is 0.571. The number of hydrogen-bond acceptors (Lipinski definition) is 3. The number of nitrogens with one attached hydrogen (secondary N) is 1. The molecule has 1 aliphatic rings. The van der Waals surface area contributed by atoms with Crippen molar-refractivity contribution in [3.63, 3.8) is 0 Å². The van der Waals surface area contributed by atoms with Crippen LogP contribution in [0, 0.1) is 0 Å². The Labute approximate surface area is 104 Å². The lowest BCUT2D eigenvalue weighted by Crippen LogP contribution is -2.45. The zero-order valence-electron chi connectivity index (χ0n) is 10.7. The second-order valence-corrected chi connectivity index (χ2v) is 4.80. The monoisotopic (exact) mass is 234 g/mol. The third kappa shape index (κ3) is 3.80. The first-order valence-electron chi connectivity index (χ1n) is 6.34. The van der Waals surface area contributed by atoms with Gasteiger partial charge < -0.3 is 15.0 Å². The fourth-order valence-electron chi connectivity index (χ4n) is 2.16. The topological polar surface area (TPSA) is 24.5 Å². The summed E-state index contributed by atoms with van der Waals surface area (Å²) < 4.78 is 5.73. The molecular formula is C14H22N2O. The van der Waals surface area contributed by atoms with Gasteiger partial charge in [-0.25, -0.2) is 0 Å². The van der Waals surface area contributed by atoms with Crippen molar-refractivity contribution in [1.82, 2.24) is 10.2 Å². The number of rotatable bonds is 4. The highest BCUT2D eigenvalue weighted by molar-refractivity contribution is 5.17. The van der Waals surface area contributed by atoms with Crippen molar-refractivity contribution >= 4 is 0 Å². The van der Waals surface area contributed by atoms with Gasteiger partial charge in [0.15, 0.2) is 0 Å². The molecule has 0 aromatic heterocycles. The summed E-state index contributed by atoms with van der Waals surface area (Å²) in [6.45, 7) is 6.03. The number of likely N-dealkylation sites (N-methyl/N-ethyl adjacent to an activating group) is 1. The van der Waals surface area contributed by atoms with Gasteiger partial charge in [0.1, 0.15) is 0 Å². The molecule has 1 aliphatic heterocycles. The van der Waals surface area contributed by atoms with Crippen LogP contribution in [0.3, 0.4) is 0 Å². The highest BCUT2D eigenvalue weighted by Crippen LogP contribution is 2.11. The lowest BCUT2D eigenvalue weighted by atomic mass is 10.1. The molecule has 1 heterocycles. The molecule has 1 N–H and O–H groups in total. The van der Waals surface area contributed by atoms with E-state index in [9.17, 15) is 0 Å². The molecule has 94 valence electrons. The molecule has 0 bridgehead atoms. The van der Waals surface area contributed by atoms with E-state index in [1.165, 1.54) is 5.56 Å².